The molecular formula is C10H4CuF12O4. The van der Waals surface area contributed by atoms with E-state index in [9.17, 15) is 62.3 Å². The predicted octanol–water partition coefficient (Wildman–Crippen LogP) is 4.24. The molecule has 0 bridgehead atoms. The first-order valence-corrected chi connectivity index (χ1v) is 5.28. The molecule has 27 heavy (non-hydrogen) atoms. The van der Waals surface area contributed by atoms with Crippen LogP contribution in [-0.4, -0.2) is 46.5 Å². The molecule has 17 heteroatoms. The van der Waals surface area contributed by atoms with Gasteiger partial charge >= 0.3 is 24.7 Å². The van der Waals surface area contributed by atoms with Gasteiger partial charge in [0, 0.05) is 29.2 Å². The molecule has 0 saturated carbocycles. The van der Waals surface area contributed by atoms with Gasteiger partial charge in [0.1, 0.15) is 0 Å². The zero-order valence-corrected chi connectivity index (χ0v) is 12.6. The normalized spacial score (nSPS) is 13.9. The molecular weight excluding hydrogens is 476 g/mol. The van der Waals surface area contributed by atoms with E-state index in [1.165, 1.54) is 0 Å². The van der Waals surface area contributed by atoms with E-state index in [4.69, 9.17) is 10.2 Å². The first-order chi connectivity index (χ1) is 11.1. The molecule has 0 heterocycles. The van der Waals surface area contributed by atoms with Gasteiger partial charge in [-0.1, -0.05) is 0 Å². The molecule has 0 aliphatic heterocycles. The van der Waals surface area contributed by atoms with Crippen LogP contribution in [0, 0.1) is 0 Å². The van der Waals surface area contributed by atoms with Crippen LogP contribution < -0.4 is 0 Å². The van der Waals surface area contributed by atoms with Crippen LogP contribution in [0.1, 0.15) is 0 Å². The van der Waals surface area contributed by atoms with Gasteiger partial charge in [0.15, 0.2) is 0 Å². The summed E-state index contributed by atoms with van der Waals surface area (Å²) in [7, 11) is 0. The zero-order chi connectivity index (χ0) is 21.7. The largest absolute Gasteiger partial charge is 0.504 e. The van der Waals surface area contributed by atoms with E-state index >= 15 is 0 Å². The maximum Gasteiger partial charge on any atom is 0.454 e. The van der Waals surface area contributed by atoms with Crippen molar-refractivity contribution in [3.8, 4) is 0 Å². The molecule has 2 N–H and O–H groups in total. The molecule has 0 spiro atoms. The second-order valence-corrected chi connectivity index (χ2v) is 3.78. The molecule has 0 rings (SSSR count). The van der Waals surface area contributed by atoms with Crippen LogP contribution in [0.2, 0.25) is 0 Å². The molecule has 0 amide bonds. The Morgan fingerprint density at radius 2 is 0.704 bits per heavy atom. The number of alkyl halides is 12. The van der Waals surface area contributed by atoms with Crippen LogP contribution in [-0.2, 0) is 26.7 Å². The number of carbonyl (C=O) groups excluding carboxylic acids is 2. The van der Waals surface area contributed by atoms with E-state index in [2.05, 4.69) is 0 Å². The van der Waals surface area contributed by atoms with E-state index in [0.717, 1.165) is 0 Å². The topological polar surface area (TPSA) is 74.6 Å². The molecule has 0 atom stereocenters. The van der Waals surface area contributed by atoms with Gasteiger partial charge in [0.05, 0.1) is 0 Å². The maximum absolute atomic E-state index is 11.4. The van der Waals surface area contributed by atoms with Crippen molar-refractivity contribution in [1.82, 2.24) is 0 Å². The second kappa shape index (κ2) is 9.87. The third-order valence-corrected chi connectivity index (χ3v) is 1.68. The monoisotopic (exact) mass is 479 g/mol. The Morgan fingerprint density at radius 3 is 0.815 bits per heavy atom. The first-order valence-electron chi connectivity index (χ1n) is 5.28. The third-order valence-electron chi connectivity index (χ3n) is 1.68. The van der Waals surface area contributed by atoms with Crippen LogP contribution in [0.3, 0.4) is 0 Å². The predicted molar refractivity (Wildman–Crippen MR) is 55.7 cm³/mol. The number of hydrogen-bond donors (Lipinski definition) is 2. The van der Waals surface area contributed by atoms with Gasteiger partial charge in [-0.15, -0.1) is 0 Å². The summed E-state index contributed by atoms with van der Waals surface area (Å²) in [5, 5.41) is 15.9. The third kappa shape index (κ3) is 13.0. The van der Waals surface area contributed by atoms with Crippen molar-refractivity contribution in [1.29, 1.82) is 0 Å². The first kappa shape index (κ1) is 29.8. The Bertz CT molecular complexity index is 527. The zero-order valence-electron chi connectivity index (χ0n) is 11.7. The van der Waals surface area contributed by atoms with Crippen molar-refractivity contribution >= 4 is 11.6 Å². The summed E-state index contributed by atoms with van der Waals surface area (Å²) in [6, 6.07) is 0. The summed E-state index contributed by atoms with van der Waals surface area (Å²) < 4.78 is 136. The quantitative estimate of drug-likeness (QED) is 0.269. The van der Waals surface area contributed by atoms with Gasteiger partial charge in [-0.2, -0.15) is 52.7 Å². The average Bonchev–Trinajstić information content (AvgIpc) is 2.34. The van der Waals surface area contributed by atoms with Crippen molar-refractivity contribution < 1.29 is 89.6 Å². The van der Waals surface area contributed by atoms with Crippen molar-refractivity contribution in [2.75, 3.05) is 0 Å². The minimum absolute atomic E-state index is 0. The molecule has 0 aromatic heterocycles. The number of halogens is 12. The summed E-state index contributed by atoms with van der Waals surface area (Å²) in [4.78, 5) is 19.7. The molecule has 0 saturated heterocycles. The minimum atomic E-state index is -5.42. The molecule has 4 nitrogen and oxygen atoms in total. The van der Waals surface area contributed by atoms with E-state index in [1.54, 1.807) is 0 Å². The number of hydrogen-bond acceptors (Lipinski definition) is 4. The van der Waals surface area contributed by atoms with Gasteiger partial charge in [-0.25, -0.2) is 0 Å². The summed E-state index contributed by atoms with van der Waals surface area (Å²) in [5.41, 5.74) is 0. The van der Waals surface area contributed by atoms with Crippen LogP contribution in [0.25, 0.3) is 0 Å². The van der Waals surface area contributed by atoms with Gasteiger partial charge in [-0.3, -0.25) is 9.59 Å². The molecule has 1 radical (unpaired) electrons. The van der Waals surface area contributed by atoms with Crippen LogP contribution >= 0.6 is 0 Å². The Balaban J connectivity index is -0.000000411. The molecule has 0 aliphatic carbocycles. The van der Waals surface area contributed by atoms with Crippen molar-refractivity contribution in [3.63, 3.8) is 0 Å². The summed E-state index contributed by atoms with van der Waals surface area (Å²) in [6.07, 6.45) is -23.4. The molecule has 163 valence electrons. The molecule has 0 aromatic rings. The summed E-state index contributed by atoms with van der Waals surface area (Å²) >= 11 is 0. The SMILES string of the molecule is O=C(/C=C(/O)C(F)(F)F)C(F)(F)F.O=C(/C=C(\O)C(F)(F)F)C(F)(F)F.[Cu]. The standard InChI is InChI=1S/2C5H2F6O2.Cu/c2*6-4(7,8)2(12)1-3(13)5(9,10)11;/h2*1,12H;/b2-1+;2-1-;. The molecule has 0 unspecified atom stereocenters. The number of carbonyl (C=O) groups is 2. The van der Waals surface area contributed by atoms with Crippen molar-refractivity contribution in [2.24, 2.45) is 0 Å². The van der Waals surface area contributed by atoms with Crippen LogP contribution in [0.5, 0.6) is 0 Å². The fourth-order valence-electron chi connectivity index (χ4n) is 0.576. The van der Waals surface area contributed by atoms with Gasteiger partial charge < -0.3 is 10.2 Å². The number of ketones is 2. The Hall–Kier alpha value is -1.90. The molecule has 0 aliphatic rings. The fourth-order valence-corrected chi connectivity index (χ4v) is 0.576. The van der Waals surface area contributed by atoms with Crippen LogP contribution in [0.4, 0.5) is 52.7 Å². The smallest absolute Gasteiger partial charge is 0.454 e. The van der Waals surface area contributed by atoms with Crippen LogP contribution in [0.15, 0.2) is 23.7 Å². The summed E-state index contributed by atoms with van der Waals surface area (Å²) in [6.45, 7) is 0. The number of aliphatic hydroxyl groups excluding tert-OH is 2. The van der Waals surface area contributed by atoms with Crippen molar-refractivity contribution in [3.05, 3.63) is 23.7 Å². The second-order valence-electron chi connectivity index (χ2n) is 3.78. The molecule has 0 aromatic carbocycles. The van der Waals surface area contributed by atoms with Gasteiger partial charge in [0.2, 0.25) is 11.5 Å². The fraction of sp³-hybridized carbons (Fsp3) is 0.400. The van der Waals surface area contributed by atoms with Crippen molar-refractivity contribution in [2.45, 2.75) is 24.7 Å². The van der Waals surface area contributed by atoms with E-state index in [-0.39, 0.29) is 17.1 Å². The van der Waals surface area contributed by atoms with E-state index < -0.39 is 59.9 Å². The number of aliphatic hydroxyl groups is 2. The van der Waals surface area contributed by atoms with Gasteiger partial charge in [0.25, 0.3) is 11.6 Å². The molecule has 0 fully saturated rings. The Labute approximate surface area is 150 Å². The maximum atomic E-state index is 11.4. The summed E-state index contributed by atoms with van der Waals surface area (Å²) in [5.74, 6) is -10.7. The van der Waals surface area contributed by atoms with E-state index in [1.807, 2.05) is 0 Å². The number of allylic oxidation sites excluding steroid dienone is 4. The minimum Gasteiger partial charge on any atom is -0.504 e. The van der Waals surface area contributed by atoms with Gasteiger partial charge in [-0.05, 0) is 0 Å². The van der Waals surface area contributed by atoms with E-state index in [0.29, 0.717) is 0 Å². The average molecular weight is 480 g/mol. The number of rotatable bonds is 2. The Kier molecular flexibility index (Phi) is 10.9. The Morgan fingerprint density at radius 1 is 0.519 bits per heavy atom.